The highest BCUT2D eigenvalue weighted by Crippen LogP contribution is 2.33. The van der Waals surface area contributed by atoms with Crippen LogP contribution in [-0.2, 0) is 6.42 Å². The molecule has 0 saturated heterocycles. The monoisotopic (exact) mass is 392 g/mol. The van der Waals surface area contributed by atoms with Gasteiger partial charge in [-0.15, -0.1) is 0 Å². The summed E-state index contributed by atoms with van der Waals surface area (Å²) in [5.41, 5.74) is 8.11. The van der Waals surface area contributed by atoms with Crippen LogP contribution in [0, 0.1) is 32.6 Å². The van der Waals surface area contributed by atoms with E-state index in [0.717, 1.165) is 36.5 Å². The zero-order chi connectivity index (χ0) is 21.3. The molecule has 2 aromatic heterocycles. The largest absolute Gasteiger partial charge is 0.356 e. The molecule has 0 unspecified atom stereocenters. The summed E-state index contributed by atoms with van der Waals surface area (Å²) in [6, 6.07) is 4.48. The van der Waals surface area contributed by atoms with E-state index in [1.807, 2.05) is 6.20 Å². The molecule has 3 rings (SSSR count). The zero-order valence-corrected chi connectivity index (χ0v) is 19.4. The lowest BCUT2D eigenvalue weighted by molar-refractivity contribution is 0.546. The predicted molar refractivity (Wildman–Crippen MR) is 124 cm³/mol. The van der Waals surface area contributed by atoms with Crippen LogP contribution in [0.25, 0.3) is 16.9 Å². The van der Waals surface area contributed by atoms with E-state index >= 15 is 0 Å². The minimum absolute atomic E-state index is 0.590. The molecule has 4 heteroatoms. The lowest BCUT2D eigenvalue weighted by Gasteiger charge is -2.28. The minimum Gasteiger partial charge on any atom is -0.356 e. The molecule has 0 aliphatic rings. The summed E-state index contributed by atoms with van der Waals surface area (Å²) in [4.78, 5) is 12.4. The van der Waals surface area contributed by atoms with E-state index in [2.05, 4.69) is 83.0 Å². The van der Waals surface area contributed by atoms with Crippen LogP contribution in [0.15, 0.2) is 24.5 Å². The molecule has 0 atom stereocenters. The average molecular weight is 393 g/mol. The maximum absolute atomic E-state index is 5.11. The van der Waals surface area contributed by atoms with Gasteiger partial charge in [-0.3, -0.25) is 9.38 Å². The number of aromatic nitrogens is 3. The van der Waals surface area contributed by atoms with Crippen LogP contribution in [0.1, 0.15) is 57.0 Å². The van der Waals surface area contributed by atoms with Crippen molar-refractivity contribution in [2.75, 3.05) is 18.0 Å². The number of imidazole rings is 1. The maximum atomic E-state index is 5.11. The first-order valence-corrected chi connectivity index (χ1v) is 10.9. The first kappa shape index (κ1) is 21.4. The number of hydrogen-bond acceptors (Lipinski definition) is 3. The van der Waals surface area contributed by atoms with Crippen molar-refractivity contribution < 1.29 is 0 Å². The first-order chi connectivity index (χ1) is 13.7. The molecule has 0 N–H and O–H groups in total. The van der Waals surface area contributed by atoms with Crippen molar-refractivity contribution in [3.8, 4) is 11.3 Å². The third-order valence-electron chi connectivity index (χ3n) is 5.31. The van der Waals surface area contributed by atoms with Gasteiger partial charge in [0, 0.05) is 31.0 Å². The van der Waals surface area contributed by atoms with Gasteiger partial charge in [0.05, 0.1) is 5.69 Å². The van der Waals surface area contributed by atoms with Gasteiger partial charge in [0.1, 0.15) is 11.5 Å². The van der Waals surface area contributed by atoms with Crippen molar-refractivity contribution in [2.24, 2.45) is 11.8 Å². The molecule has 0 amide bonds. The number of hydrogen-bond donors (Lipinski definition) is 0. The van der Waals surface area contributed by atoms with Gasteiger partial charge in [-0.1, -0.05) is 52.3 Å². The molecular formula is C25H36N4. The molecular weight excluding hydrogens is 356 g/mol. The fourth-order valence-corrected chi connectivity index (χ4v) is 4.44. The molecule has 3 aromatic rings. The van der Waals surface area contributed by atoms with Crippen LogP contribution >= 0.6 is 0 Å². The summed E-state index contributed by atoms with van der Waals surface area (Å²) in [5, 5.41) is 0. The third-order valence-corrected chi connectivity index (χ3v) is 5.31. The smallest absolute Gasteiger partial charge is 0.165 e. The Morgan fingerprint density at radius 3 is 2.07 bits per heavy atom. The van der Waals surface area contributed by atoms with Gasteiger partial charge in [0.25, 0.3) is 0 Å². The summed E-state index contributed by atoms with van der Waals surface area (Å²) in [6.45, 7) is 19.9. The molecule has 0 radical (unpaired) electrons. The van der Waals surface area contributed by atoms with E-state index in [0.29, 0.717) is 11.8 Å². The van der Waals surface area contributed by atoms with E-state index in [-0.39, 0.29) is 0 Å². The fourth-order valence-electron chi connectivity index (χ4n) is 4.44. The van der Waals surface area contributed by atoms with Crippen molar-refractivity contribution in [3.05, 3.63) is 46.9 Å². The highest BCUT2D eigenvalue weighted by molar-refractivity contribution is 5.80. The van der Waals surface area contributed by atoms with Crippen LogP contribution in [0.4, 0.5) is 5.82 Å². The molecule has 0 aliphatic heterocycles. The molecule has 0 bridgehead atoms. The van der Waals surface area contributed by atoms with Crippen LogP contribution in [0.5, 0.6) is 0 Å². The lowest BCUT2D eigenvalue weighted by atomic mass is 9.97. The molecule has 0 aliphatic carbocycles. The van der Waals surface area contributed by atoms with Gasteiger partial charge < -0.3 is 4.90 Å². The number of rotatable bonds is 7. The standard InChI is InChI=1S/C25H36N4/c1-9-21-25(28(14-16(2)3)15-17(4)5)29-11-10-26-23(24(29)27-21)22-19(7)12-18(6)13-20(22)8/h10-13,16-17H,9,14-15H2,1-8H3. The van der Waals surface area contributed by atoms with Gasteiger partial charge in [0.15, 0.2) is 5.65 Å². The summed E-state index contributed by atoms with van der Waals surface area (Å²) >= 11 is 0. The van der Waals surface area contributed by atoms with Gasteiger partial charge >= 0.3 is 0 Å². The maximum Gasteiger partial charge on any atom is 0.165 e. The van der Waals surface area contributed by atoms with Crippen molar-refractivity contribution >= 4 is 11.5 Å². The summed E-state index contributed by atoms with van der Waals surface area (Å²) in [5.74, 6) is 2.41. The van der Waals surface area contributed by atoms with Gasteiger partial charge in [-0.25, -0.2) is 4.98 Å². The van der Waals surface area contributed by atoms with Crippen LogP contribution in [-0.4, -0.2) is 27.5 Å². The molecule has 0 saturated carbocycles. The number of nitrogens with zero attached hydrogens (tertiary/aromatic N) is 4. The van der Waals surface area contributed by atoms with Gasteiger partial charge in [-0.05, 0) is 50.2 Å². The Hall–Kier alpha value is -2.36. The topological polar surface area (TPSA) is 33.4 Å². The van der Waals surface area contributed by atoms with Crippen LogP contribution in [0.2, 0.25) is 0 Å². The first-order valence-electron chi connectivity index (χ1n) is 10.9. The Morgan fingerprint density at radius 2 is 1.55 bits per heavy atom. The third kappa shape index (κ3) is 4.31. The number of benzene rings is 1. The second kappa shape index (κ2) is 8.56. The summed E-state index contributed by atoms with van der Waals surface area (Å²) in [6.07, 6.45) is 4.91. The van der Waals surface area contributed by atoms with Crippen molar-refractivity contribution in [1.29, 1.82) is 0 Å². The molecule has 29 heavy (non-hydrogen) atoms. The molecule has 0 fully saturated rings. The van der Waals surface area contributed by atoms with Crippen LogP contribution < -0.4 is 4.90 Å². The van der Waals surface area contributed by atoms with E-state index < -0.39 is 0 Å². The number of fused-ring (bicyclic) bond motifs is 1. The second-order valence-electron chi connectivity index (χ2n) is 9.17. The van der Waals surface area contributed by atoms with Crippen molar-refractivity contribution in [3.63, 3.8) is 0 Å². The highest BCUT2D eigenvalue weighted by Gasteiger charge is 2.22. The fraction of sp³-hybridized carbons (Fsp3) is 0.520. The molecule has 156 valence electrons. The van der Waals surface area contributed by atoms with Crippen LogP contribution in [0.3, 0.4) is 0 Å². The van der Waals surface area contributed by atoms with E-state index in [1.165, 1.54) is 28.1 Å². The Labute approximate surface area is 176 Å². The lowest BCUT2D eigenvalue weighted by Crippen LogP contribution is -2.33. The van der Waals surface area contributed by atoms with Gasteiger partial charge in [0.2, 0.25) is 0 Å². The summed E-state index contributed by atoms with van der Waals surface area (Å²) < 4.78 is 2.27. The Kier molecular flexibility index (Phi) is 6.30. The van der Waals surface area contributed by atoms with Crippen molar-refractivity contribution in [1.82, 2.24) is 14.4 Å². The van der Waals surface area contributed by atoms with E-state index in [9.17, 15) is 0 Å². The minimum atomic E-state index is 0.590. The zero-order valence-electron chi connectivity index (χ0n) is 19.4. The molecule has 2 heterocycles. The highest BCUT2D eigenvalue weighted by atomic mass is 15.3. The molecule has 1 aromatic carbocycles. The van der Waals surface area contributed by atoms with E-state index in [1.54, 1.807) is 0 Å². The van der Waals surface area contributed by atoms with Crippen molar-refractivity contribution in [2.45, 2.75) is 61.8 Å². The normalized spacial score (nSPS) is 11.8. The Balaban J connectivity index is 2.26. The summed E-state index contributed by atoms with van der Waals surface area (Å²) in [7, 11) is 0. The SMILES string of the molecule is CCc1nc2c(-c3c(C)cc(C)cc3C)nccn2c1N(CC(C)C)CC(C)C. The number of anilines is 1. The number of aryl methyl sites for hydroxylation is 4. The Bertz CT molecular complexity index is 964. The molecule has 4 nitrogen and oxygen atoms in total. The van der Waals surface area contributed by atoms with E-state index in [4.69, 9.17) is 9.97 Å². The Morgan fingerprint density at radius 1 is 0.966 bits per heavy atom. The van der Waals surface area contributed by atoms with Gasteiger partial charge in [-0.2, -0.15) is 0 Å². The quantitative estimate of drug-likeness (QED) is 0.494. The predicted octanol–water partition coefficient (Wildman–Crippen LogP) is 6.00. The average Bonchev–Trinajstić information content (AvgIpc) is 2.99. The second-order valence-corrected chi connectivity index (χ2v) is 9.17. The molecule has 0 spiro atoms.